The molecular weight excluding hydrogens is 306 g/mol. The molecule has 0 spiro atoms. The second-order valence-corrected chi connectivity index (χ2v) is 4.58. The normalized spacial score (nSPS) is 9.91. The Hall–Kier alpha value is -2.53. The van der Waals surface area contributed by atoms with Gasteiger partial charge >= 0.3 is 0 Å². The smallest absolute Gasteiger partial charge is 0.257 e. The van der Waals surface area contributed by atoms with Crippen LogP contribution in [0.15, 0.2) is 48.5 Å². The summed E-state index contributed by atoms with van der Waals surface area (Å²) in [4.78, 5) is 22.8. The van der Waals surface area contributed by atoms with E-state index in [4.69, 9.17) is 21.1 Å². The fraction of sp³-hybridized carbons (Fsp3) is 0.125. The third-order valence-corrected chi connectivity index (χ3v) is 3.03. The number of carbonyl (C=O) groups excluding carboxylic acids is 2. The van der Waals surface area contributed by atoms with E-state index >= 15 is 0 Å². The average molecular weight is 320 g/mol. The number of alkyl halides is 1. The lowest BCUT2D eigenvalue weighted by Crippen LogP contribution is -2.31. The van der Waals surface area contributed by atoms with E-state index in [9.17, 15) is 9.59 Å². The Morgan fingerprint density at radius 1 is 0.955 bits per heavy atom. The van der Waals surface area contributed by atoms with E-state index in [0.29, 0.717) is 17.1 Å². The van der Waals surface area contributed by atoms with Crippen molar-refractivity contribution in [3.63, 3.8) is 0 Å². The van der Waals surface area contributed by atoms with Crippen molar-refractivity contribution in [3.8, 4) is 17.2 Å². The van der Waals surface area contributed by atoms with Crippen LogP contribution in [0.4, 0.5) is 0 Å². The van der Waals surface area contributed by atoms with Gasteiger partial charge in [-0.15, -0.1) is 11.6 Å². The molecule has 0 bridgehead atoms. The molecule has 0 saturated heterocycles. The summed E-state index contributed by atoms with van der Waals surface area (Å²) in [7, 11) is 1.59. The molecule has 5 nitrogen and oxygen atoms in total. The standard InChI is InChI=1S/C16H14ClNO4/c1-21-12-6-8-14(9-7-12)22-13-4-2-11(3-5-13)16(20)18-15(19)10-17/h2-9H,10H2,1H3,(H,18,19,20). The van der Waals surface area contributed by atoms with Gasteiger partial charge in [-0.05, 0) is 48.5 Å². The number of hydrogen-bond donors (Lipinski definition) is 1. The van der Waals surface area contributed by atoms with Gasteiger partial charge in [0, 0.05) is 5.56 Å². The summed E-state index contributed by atoms with van der Waals surface area (Å²) >= 11 is 5.33. The van der Waals surface area contributed by atoms with Gasteiger partial charge in [-0.1, -0.05) is 0 Å². The SMILES string of the molecule is COc1ccc(Oc2ccc(C(=O)NC(=O)CCl)cc2)cc1. The van der Waals surface area contributed by atoms with Crippen molar-refractivity contribution in [2.45, 2.75) is 0 Å². The van der Waals surface area contributed by atoms with E-state index in [1.54, 1.807) is 55.6 Å². The van der Waals surface area contributed by atoms with Crippen molar-refractivity contribution in [1.82, 2.24) is 5.32 Å². The highest BCUT2D eigenvalue weighted by Gasteiger charge is 2.09. The van der Waals surface area contributed by atoms with Crippen LogP contribution in [0.2, 0.25) is 0 Å². The molecule has 0 heterocycles. The fourth-order valence-corrected chi connectivity index (χ4v) is 1.75. The number of imide groups is 1. The molecule has 22 heavy (non-hydrogen) atoms. The van der Waals surface area contributed by atoms with Crippen LogP contribution in [-0.4, -0.2) is 24.8 Å². The lowest BCUT2D eigenvalue weighted by Gasteiger charge is -2.07. The summed E-state index contributed by atoms with van der Waals surface area (Å²) in [6.45, 7) is 0. The topological polar surface area (TPSA) is 64.6 Å². The number of methoxy groups -OCH3 is 1. The molecule has 6 heteroatoms. The first-order valence-electron chi connectivity index (χ1n) is 6.44. The van der Waals surface area contributed by atoms with Gasteiger partial charge in [-0.2, -0.15) is 0 Å². The van der Waals surface area contributed by atoms with E-state index < -0.39 is 11.8 Å². The minimum atomic E-state index is -0.537. The Labute approximate surface area is 132 Å². The number of benzene rings is 2. The molecule has 0 aromatic heterocycles. The molecule has 0 radical (unpaired) electrons. The first-order valence-corrected chi connectivity index (χ1v) is 6.98. The van der Waals surface area contributed by atoms with Crippen molar-refractivity contribution in [1.29, 1.82) is 0 Å². The summed E-state index contributed by atoms with van der Waals surface area (Å²) in [6.07, 6.45) is 0. The molecule has 0 aliphatic carbocycles. The Morgan fingerprint density at radius 3 is 1.95 bits per heavy atom. The molecule has 2 rings (SSSR count). The molecule has 0 aliphatic rings. The van der Waals surface area contributed by atoms with Gasteiger partial charge in [-0.25, -0.2) is 0 Å². The molecule has 2 aromatic rings. The van der Waals surface area contributed by atoms with Crippen LogP contribution < -0.4 is 14.8 Å². The van der Waals surface area contributed by atoms with Crippen LogP contribution in [0.25, 0.3) is 0 Å². The summed E-state index contributed by atoms with van der Waals surface area (Å²) < 4.78 is 10.7. The third kappa shape index (κ3) is 4.23. The molecule has 0 unspecified atom stereocenters. The molecule has 0 saturated carbocycles. The van der Waals surface area contributed by atoms with E-state index in [2.05, 4.69) is 5.32 Å². The quantitative estimate of drug-likeness (QED) is 0.860. The maximum atomic E-state index is 11.7. The van der Waals surface area contributed by atoms with Crippen molar-refractivity contribution >= 4 is 23.4 Å². The first kappa shape index (κ1) is 15.9. The number of hydrogen-bond acceptors (Lipinski definition) is 4. The fourth-order valence-electron chi connectivity index (χ4n) is 1.69. The number of amides is 2. The Kier molecular flexibility index (Phi) is 5.38. The van der Waals surface area contributed by atoms with E-state index in [0.717, 1.165) is 5.75 Å². The zero-order valence-electron chi connectivity index (χ0n) is 11.8. The minimum Gasteiger partial charge on any atom is -0.497 e. The second-order valence-electron chi connectivity index (χ2n) is 4.31. The predicted octanol–water partition coefficient (Wildman–Crippen LogP) is 2.98. The van der Waals surface area contributed by atoms with Crippen LogP contribution in [0.3, 0.4) is 0 Å². The Morgan fingerprint density at radius 2 is 1.45 bits per heavy atom. The van der Waals surface area contributed by atoms with Gasteiger partial charge in [0.25, 0.3) is 5.91 Å². The average Bonchev–Trinajstić information content (AvgIpc) is 2.56. The molecule has 0 atom stereocenters. The van der Waals surface area contributed by atoms with Gasteiger partial charge in [0.1, 0.15) is 23.1 Å². The highest BCUT2D eigenvalue weighted by Crippen LogP contribution is 2.23. The number of carbonyl (C=O) groups is 2. The van der Waals surface area contributed by atoms with Crippen LogP contribution in [0.5, 0.6) is 17.2 Å². The number of nitrogens with one attached hydrogen (secondary N) is 1. The summed E-state index contributed by atoms with van der Waals surface area (Å²) in [5.74, 6) is 0.667. The summed E-state index contributed by atoms with van der Waals surface area (Å²) in [5, 5.41) is 2.16. The maximum absolute atomic E-state index is 11.7. The van der Waals surface area contributed by atoms with Gasteiger partial charge < -0.3 is 9.47 Å². The Balaban J connectivity index is 2.01. The number of rotatable bonds is 5. The number of ether oxygens (including phenoxy) is 2. The number of halogens is 1. The van der Waals surface area contributed by atoms with Gasteiger partial charge in [-0.3, -0.25) is 14.9 Å². The van der Waals surface area contributed by atoms with Gasteiger partial charge in [0.05, 0.1) is 7.11 Å². The first-order chi connectivity index (χ1) is 10.6. The predicted molar refractivity (Wildman–Crippen MR) is 82.7 cm³/mol. The monoisotopic (exact) mass is 319 g/mol. The van der Waals surface area contributed by atoms with Crippen molar-refractivity contribution in [2.75, 3.05) is 13.0 Å². The Bertz CT molecular complexity index is 653. The molecule has 0 fully saturated rings. The summed E-state index contributed by atoms with van der Waals surface area (Å²) in [5.41, 5.74) is 0.348. The van der Waals surface area contributed by atoms with Gasteiger partial charge in [0.2, 0.25) is 5.91 Å². The second kappa shape index (κ2) is 7.47. The zero-order chi connectivity index (χ0) is 15.9. The largest absolute Gasteiger partial charge is 0.497 e. The third-order valence-electron chi connectivity index (χ3n) is 2.79. The van der Waals surface area contributed by atoms with E-state index in [-0.39, 0.29) is 5.88 Å². The lowest BCUT2D eigenvalue weighted by molar-refractivity contribution is -0.117. The van der Waals surface area contributed by atoms with Crippen molar-refractivity contribution < 1.29 is 19.1 Å². The van der Waals surface area contributed by atoms with E-state index in [1.165, 1.54) is 0 Å². The lowest BCUT2D eigenvalue weighted by atomic mass is 10.2. The minimum absolute atomic E-state index is 0.260. The van der Waals surface area contributed by atoms with Crippen LogP contribution in [0, 0.1) is 0 Å². The molecule has 114 valence electrons. The van der Waals surface area contributed by atoms with Crippen LogP contribution in [0.1, 0.15) is 10.4 Å². The van der Waals surface area contributed by atoms with Crippen molar-refractivity contribution in [3.05, 3.63) is 54.1 Å². The van der Waals surface area contributed by atoms with E-state index in [1.807, 2.05) is 0 Å². The van der Waals surface area contributed by atoms with Gasteiger partial charge in [0.15, 0.2) is 0 Å². The highest BCUT2D eigenvalue weighted by molar-refractivity contribution is 6.28. The molecule has 1 N–H and O–H groups in total. The maximum Gasteiger partial charge on any atom is 0.257 e. The molecule has 0 aliphatic heterocycles. The van der Waals surface area contributed by atoms with Crippen LogP contribution in [-0.2, 0) is 4.79 Å². The molecule has 2 aromatic carbocycles. The summed E-state index contributed by atoms with van der Waals surface area (Å²) in [6, 6.07) is 13.5. The van der Waals surface area contributed by atoms with Crippen LogP contribution >= 0.6 is 11.6 Å². The van der Waals surface area contributed by atoms with Crippen molar-refractivity contribution in [2.24, 2.45) is 0 Å². The zero-order valence-corrected chi connectivity index (χ0v) is 12.6. The highest BCUT2D eigenvalue weighted by atomic mass is 35.5. The molecule has 2 amide bonds. The molecular formula is C16H14ClNO4.